The fraction of sp³-hybridized carbons (Fsp3) is 0.471. The van der Waals surface area contributed by atoms with Crippen LogP contribution in [0.2, 0.25) is 0 Å². The number of hydrogen-bond donors (Lipinski definition) is 1. The van der Waals surface area contributed by atoms with Crippen LogP contribution >= 0.6 is 0 Å². The molecule has 0 unspecified atom stereocenters. The van der Waals surface area contributed by atoms with Crippen molar-refractivity contribution in [3.05, 3.63) is 35.7 Å². The third-order valence-corrected chi connectivity index (χ3v) is 2.48. The number of rotatable bonds is 7. The highest BCUT2D eigenvalue weighted by molar-refractivity contribution is 5.91. The van der Waals surface area contributed by atoms with Gasteiger partial charge in [-0.15, -0.1) is 0 Å². The van der Waals surface area contributed by atoms with E-state index in [0.29, 0.717) is 6.54 Å². The van der Waals surface area contributed by atoms with Gasteiger partial charge in [-0.1, -0.05) is 32.9 Å². The minimum absolute atomic E-state index is 0. The fourth-order valence-corrected chi connectivity index (χ4v) is 1.53. The summed E-state index contributed by atoms with van der Waals surface area (Å²) in [4.78, 5) is 10.9. The first-order chi connectivity index (χ1) is 10.0. The summed E-state index contributed by atoms with van der Waals surface area (Å²) in [6.07, 6.45) is 2.96. The molecule has 0 aliphatic heterocycles. The molecule has 3 nitrogen and oxygen atoms in total. The van der Waals surface area contributed by atoms with Crippen molar-refractivity contribution >= 4 is 11.9 Å². The summed E-state index contributed by atoms with van der Waals surface area (Å²) in [5, 5.41) is 3.14. The quantitative estimate of drug-likeness (QED) is 0.771. The highest BCUT2D eigenvalue weighted by atomic mass is 19.1. The van der Waals surface area contributed by atoms with Crippen LogP contribution in [0.1, 0.15) is 41.6 Å². The number of carbonyl (C=O) groups is 1. The molecule has 0 aliphatic rings. The Morgan fingerprint density at radius 2 is 2.14 bits per heavy atom. The molecule has 0 saturated carbocycles. The largest absolute Gasteiger partial charge is 0.486 e. The van der Waals surface area contributed by atoms with Gasteiger partial charge in [-0.25, -0.2) is 4.39 Å². The van der Waals surface area contributed by atoms with E-state index >= 15 is 0 Å². The molecule has 0 radical (unpaired) electrons. The summed E-state index contributed by atoms with van der Waals surface area (Å²) in [5.41, 5.74) is 0.738. The van der Waals surface area contributed by atoms with E-state index < -0.39 is 5.82 Å². The first kappa shape index (κ1) is 19.3. The molecule has 0 saturated heterocycles. The van der Waals surface area contributed by atoms with Gasteiger partial charge in [-0.05, 0) is 44.2 Å². The second-order valence-electron chi connectivity index (χ2n) is 4.37. The minimum atomic E-state index is -0.400. The molecule has 1 rings (SSSR count). The molecule has 0 spiro atoms. The first-order valence-electron chi connectivity index (χ1n) is 7.38. The van der Waals surface area contributed by atoms with Gasteiger partial charge in [0, 0.05) is 7.97 Å². The molecule has 21 heavy (non-hydrogen) atoms. The third-order valence-electron chi connectivity index (χ3n) is 2.48. The molecular formula is C17H28FNO2. The van der Waals surface area contributed by atoms with Gasteiger partial charge in [0.05, 0.1) is 0 Å². The van der Waals surface area contributed by atoms with E-state index in [9.17, 15) is 9.18 Å². The Labute approximate surface area is 128 Å². The molecule has 0 aromatic heterocycles. The topological polar surface area (TPSA) is 38.3 Å². The molecular weight excluding hydrogens is 269 g/mol. The van der Waals surface area contributed by atoms with Gasteiger partial charge in [0.2, 0.25) is 0 Å². The molecule has 120 valence electrons. The maximum atomic E-state index is 13.6. The second kappa shape index (κ2) is 11.0. The lowest BCUT2D eigenvalue weighted by Gasteiger charge is -2.15. The monoisotopic (exact) mass is 297 g/mol. The molecule has 1 N–H and O–H groups in total. The summed E-state index contributed by atoms with van der Waals surface area (Å²) < 4.78 is 19.2. The highest BCUT2D eigenvalue weighted by Gasteiger charge is 2.08. The Hall–Kier alpha value is -1.68. The van der Waals surface area contributed by atoms with Gasteiger partial charge in [0.1, 0.15) is 6.10 Å². The Morgan fingerprint density at radius 3 is 2.71 bits per heavy atom. The van der Waals surface area contributed by atoms with E-state index in [2.05, 4.69) is 5.32 Å². The van der Waals surface area contributed by atoms with Gasteiger partial charge < -0.3 is 10.1 Å². The standard InChI is InChI=1S/C15H20FNO2.C2H6.H2/c1-4-17-10-12(3)19-15-9-13(6-5-11(2)18)7-8-14(15)16;1-2;/h5-9,12,17H,4,10H2,1-3H3;1-2H3;1H/b6-5+;;/t12-;;/m0../s1. The van der Waals surface area contributed by atoms with E-state index in [1.165, 1.54) is 19.1 Å². The van der Waals surface area contributed by atoms with E-state index in [1.54, 1.807) is 18.2 Å². The van der Waals surface area contributed by atoms with Crippen LogP contribution < -0.4 is 10.1 Å². The summed E-state index contributed by atoms with van der Waals surface area (Å²) in [5.74, 6) is -0.244. The molecule has 4 heteroatoms. The van der Waals surface area contributed by atoms with E-state index in [1.807, 2.05) is 27.7 Å². The molecule has 1 aromatic rings. The number of nitrogens with one attached hydrogen (secondary N) is 1. The number of hydrogen-bond acceptors (Lipinski definition) is 3. The maximum absolute atomic E-state index is 13.6. The molecule has 1 aromatic carbocycles. The summed E-state index contributed by atoms with van der Waals surface area (Å²) in [6, 6.07) is 4.54. The number of allylic oxidation sites excluding steroid dienone is 1. The predicted molar refractivity (Wildman–Crippen MR) is 88.2 cm³/mol. The van der Waals surface area contributed by atoms with Crippen LogP contribution in [0.5, 0.6) is 5.75 Å². The van der Waals surface area contributed by atoms with Crippen molar-refractivity contribution in [3.8, 4) is 5.75 Å². The maximum Gasteiger partial charge on any atom is 0.165 e. The van der Waals surface area contributed by atoms with Gasteiger partial charge >= 0.3 is 0 Å². The van der Waals surface area contributed by atoms with E-state index in [-0.39, 0.29) is 19.1 Å². The number of halogens is 1. The average molecular weight is 297 g/mol. The highest BCUT2D eigenvalue weighted by Crippen LogP contribution is 2.20. The van der Waals surface area contributed by atoms with Crippen LogP contribution in [0, 0.1) is 5.82 Å². The number of carbonyl (C=O) groups excluding carboxylic acids is 1. The molecule has 0 heterocycles. The van der Waals surface area contributed by atoms with E-state index in [0.717, 1.165) is 12.1 Å². The van der Waals surface area contributed by atoms with Crippen LogP contribution in [0.15, 0.2) is 24.3 Å². The Balaban J connectivity index is 0. The zero-order valence-corrected chi connectivity index (χ0v) is 13.6. The lowest BCUT2D eigenvalue weighted by atomic mass is 10.2. The molecule has 0 aliphatic carbocycles. The number of benzene rings is 1. The number of ether oxygens (including phenoxy) is 1. The predicted octanol–water partition coefficient (Wildman–Crippen LogP) is 4.08. The van der Waals surface area contributed by atoms with Crippen molar-refractivity contribution in [1.82, 2.24) is 5.32 Å². The van der Waals surface area contributed by atoms with Crippen molar-refractivity contribution in [1.29, 1.82) is 0 Å². The molecule has 0 bridgehead atoms. The second-order valence-corrected chi connectivity index (χ2v) is 4.37. The summed E-state index contributed by atoms with van der Waals surface area (Å²) in [6.45, 7) is 10.8. The van der Waals surface area contributed by atoms with Crippen molar-refractivity contribution in [2.75, 3.05) is 13.1 Å². The van der Waals surface area contributed by atoms with Gasteiger partial charge in [0.25, 0.3) is 0 Å². The Kier molecular flexibility index (Phi) is 10.1. The zero-order valence-electron chi connectivity index (χ0n) is 13.6. The lowest BCUT2D eigenvalue weighted by Crippen LogP contribution is -2.28. The zero-order chi connectivity index (χ0) is 16.3. The Morgan fingerprint density at radius 1 is 1.48 bits per heavy atom. The van der Waals surface area contributed by atoms with Crippen molar-refractivity contribution in [2.24, 2.45) is 0 Å². The number of likely N-dealkylation sites (N-methyl/N-ethyl adjacent to an activating group) is 1. The van der Waals surface area contributed by atoms with Crippen molar-refractivity contribution in [3.63, 3.8) is 0 Å². The van der Waals surface area contributed by atoms with Crippen LogP contribution in [0.4, 0.5) is 4.39 Å². The lowest BCUT2D eigenvalue weighted by molar-refractivity contribution is -0.112. The van der Waals surface area contributed by atoms with Crippen LogP contribution in [0.3, 0.4) is 0 Å². The number of ketones is 1. The van der Waals surface area contributed by atoms with E-state index in [4.69, 9.17) is 4.74 Å². The smallest absolute Gasteiger partial charge is 0.165 e. The SMILES string of the molecule is CC.CCNC[C@H](C)Oc1cc(/C=C/C(C)=O)ccc1F.[HH]. The van der Waals surface area contributed by atoms with Crippen molar-refractivity contribution < 1.29 is 15.3 Å². The molecule has 0 amide bonds. The Bertz CT molecular complexity index is 464. The minimum Gasteiger partial charge on any atom is -0.486 e. The van der Waals surface area contributed by atoms with Gasteiger partial charge in [0.15, 0.2) is 17.3 Å². The van der Waals surface area contributed by atoms with Gasteiger partial charge in [-0.3, -0.25) is 4.79 Å². The fourth-order valence-electron chi connectivity index (χ4n) is 1.53. The summed E-state index contributed by atoms with van der Waals surface area (Å²) in [7, 11) is 0. The average Bonchev–Trinajstić information content (AvgIpc) is 2.48. The van der Waals surface area contributed by atoms with Gasteiger partial charge in [-0.2, -0.15) is 0 Å². The first-order valence-corrected chi connectivity index (χ1v) is 7.38. The van der Waals surface area contributed by atoms with Crippen LogP contribution in [-0.2, 0) is 4.79 Å². The molecule has 0 fully saturated rings. The normalized spacial score (nSPS) is 11.7. The van der Waals surface area contributed by atoms with Crippen LogP contribution in [-0.4, -0.2) is 25.0 Å². The molecule has 1 atom stereocenters. The van der Waals surface area contributed by atoms with Crippen molar-refractivity contribution in [2.45, 2.75) is 40.7 Å². The third kappa shape index (κ3) is 8.25. The summed E-state index contributed by atoms with van der Waals surface area (Å²) >= 11 is 0. The van der Waals surface area contributed by atoms with Crippen LogP contribution in [0.25, 0.3) is 6.08 Å².